The van der Waals surface area contributed by atoms with Crippen molar-refractivity contribution in [3.8, 4) is 0 Å². The Hall–Kier alpha value is -0.800. The lowest BCUT2D eigenvalue weighted by molar-refractivity contribution is 0.155. The lowest BCUT2D eigenvalue weighted by Gasteiger charge is -2.16. The summed E-state index contributed by atoms with van der Waals surface area (Å²) in [5, 5.41) is 3.51. The zero-order chi connectivity index (χ0) is 10.7. The third kappa shape index (κ3) is 2.83. The number of hydrogen-bond acceptors (Lipinski definition) is 3. The first-order valence-corrected chi connectivity index (χ1v) is 5.56. The van der Waals surface area contributed by atoms with E-state index in [1.165, 1.54) is 18.4 Å². The van der Waals surface area contributed by atoms with Crippen molar-refractivity contribution in [3.63, 3.8) is 0 Å². The standard InChI is InChI=1S/C12H19NO2/c1-9-5-6-15-12(9)7-13-11(8-14-2)10-3-4-10/h5-6,10-11,13H,3-4,7-8H2,1-2H3. The molecule has 0 spiro atoms. The SMILES string of the molecule is COCC(NCc1occc1C)C1CC1. The highest BCUT2D eigenvalue weighted by Crippen LogP contribution is 2.32. The van der Waals surface area contributed by atoms with Gasteiger partial charge in [-0.3, -0.25) is 0 Å². The molecule has 0 bridgehead atoms. The molecule has 2 rings (SSSR count). The molecule has 1 aliphatic rings. The third-order valence-corrected chi connectivity index (χ3v) is 3.03. The van der Waals surface area contributed by atoms with Gasteiger partial charge in [-0.15, -0.1) is 0 Å². The predicted molar refractivity (Wildman–Crippen MR) is 58.7 cm³/mol. The van der Waals surface area contributed by atoms with Gasteiger partial charge in [-0.1, -0.05) is 0 Å². The summed E-state index contributed by atoms with van der Waals surface area (Å²) >= 11 is 0. The van der Waals surface area contributed by atoms with Crippen LogP contribution in [-0.2, 0) is 11.3 Å². The molecule has 1 saturated carbocycles. The topological polar surface area (TPSA) is 34.4 Å². The maximum atomic E-state index is 5.39. The van der Waals surface area contributed by atoms with Crippen molar-refractivity contribution in [3.05, 3.63) is 23.7 Å². The molecule has 0 amide bonds. The largest absolute Gasteiger partial charge is 0.468 e. The van der Waals surface area contributed by atoms with Crippen molar-refractivity contribution in [1.29, 1.82) is 0 Å². The fourth-order valence-corrected chi connectivity index (χ4v) is 1.85. The van der Waals surface area contributed by atoms with Gasteiger partial charge in [0.1, 0.15) is 5.76 Å². The summed E-state index contributed by atoms with van der Waals surface area (Å²) in [4.78, 5) is 0. The van der Waals surface area contributed by atoms with Gasteiger partial charge in [-0.25, -0.2) is 0 Å². The molecule has 1 aromatic heterocycles. The highest BCUT2D eigenvalue weighted by molar-refractivity contribution is 5.14. The molecule has 15 heavy (non-hydrogen) atoms. The van der Waals surface area contributed by atoms with E-state index < -0.39 is 0 Å². The van der Waals surface area contributed by atoms with Crippen LogP contribution >= 0.6 is 0 Å². The van der Waals surface area contributed by atoms with Gasteiger partial charge >= 0.3 is 0 Å². The van der Waals surface area contributed by atoms with E-state index in [2.05, 4.69) is 12.2 Å². The quantitative estimate of drug-likeness (QED) is 0.779. The van der Waals surface area contributed by atoms with Gasteiger partial charge in [0.2, 0.25) is 0 Å². The molecule has 1 fully saturated rings. The van der Waals surface area contributed by atoms with Crippen LogP contribution in [0.5, 0.6) is 0 Å². The number of aryl methyl sites for hydroxylation is 1. The van der Waals surface area contributed by atoms with Gasteiger partial charge in [0.05, 0.1) is 19.4 Å². The zero-order valence-corrected chi connectivity index (χ0v) is 9.45. The van der Waals surface area contributed by atoms with Crippen LogP contribution in [0.15, 0.2) is 16.7 Å². The number of hydrogen-bond donors (Lipinski definition) is 1. The van der Waals surface area contributed by atoms with E-state index in [4.69, 9.17) is 9.15 Å². The van der Waals surface area contributed by atoms with E-state index in [1.54, 1.807) is 13.4 Å². The normalized spacial score (nSPS) is 18.0. The second-order valence-corrected chi connectivity index (χ2v) is 4.31. The van der Waals surface area contributed by atoms with Gasteiger partial charge in [-0.2, -0.15) is 0 Å². The Balaban J connectivity index is 1.82. The van der Waals surface area contributed by atoms with Crippen LogP contribution < -0.4 is 5.32 Å². The third-order valence-electron chi connectivity index (χ3n) is 3.03. The maximum Gasteiger partial charge on any atom is 0.120 e. The zero-order valence-electron chi connectivity index (χ0n) is 9.45. The van der Waals surface area contributed by atoms with Crippen molar-refractivity contribution in [1.82, 2.24) is 5.32 Å². The van der Waals surface area contributed by atoms with Crippen molar-refractivity contribution >= 4 is 0 Å². The molecule has 1 N–H and O–H groups in total. The van der Waals surface area contributed by atoms with E-state index in [9.17, 15) is 0 Å². The van der Waals surface area contributed by atoms with E-state index in [-0.39, 0.29) is 0 Å². The molecular weight excluding hydrogens is 190 g/mol. The van der Waals surface area contributed by atoms with E-state index in [1.807, 2.05) is 6.07 Å². The van der Waals surface area contributed by atoms with Crippen LogP contribution in [0.25, 0.3) is 0 Å². The molecule has 1 heterocycles. The highest BCUT2D eigenvalue weighted by atomic mass is 16.5. The molecule has 0 aliphatic heterocycles. The lowest BCUT2D eigenvalue weighted by atomic mass is 10.2. The second kappa shape index (κ2) is 4.81. The number of nitrogens with one attached hydrogen (secondary N) is 1. The number of furan rings is 1. The first-order chi connectivity index (χ1) is 7.31. The number of rotatable bonds is 6. The van der Waals surface area contributed by atoms with Gasteiger partial charge in [-0.05, 0) is 37.3 Å². The Morgan fingerprint density at radius 1 is 1.60 bits per heavy atom. The molecule has 3 nitrogen and oxygen atoms in total. The molecule has 0 radical (unpaired) electrons. The first kappa shape index (κ1) is 10.7. The lowest BCUT2D eigenvalue weighted by Crippen LogP contribution is -2.34. The summed E-state index contributed by atoms with van der Waals surface area (Å²) in [7, 11) is 1.76. The van der Waals surface area contributed by atoms with Crippen LogP contribution in [0.2, 0.25) is 0 Å². The summed E-state index contributed by atoms with van der Waals surface area (Å²) in [6, 6.07) is 2.49. The van der Waals surface area contributed by atoms with Gasteiger partial charge < -0.3 is 14.5 Å². The highest BCUT2D eigenvalue weighted by Gasteiger charge is 2.30. The predicted octanol–water partition coefficient (Wildman–Crippen LogP) is 2.10. The Kier molecular flexibility index (Phi) is 3.44. The van der Waals surface area contributed by atoms with Crippen LogP contribution in [0, 0.1) is 12.8 Å². The van der Waals surface area contributed by atoms with Crippen molar-refractivity contribution in [2.24, 2.45) is 5.92 Å². The minimum atomic E-state index is 0.486. The minimum Gasteiger partial charge on any atom is -0.468 e. The van der Waals surface area contributed by atoms with Crippen LogP contribution in [0.4, 0.5) is 0 Å². The van der Waals surface area contributed by atoms with E-state index >= 15 is 0 Å². The summed E-state index contributed by atoms with van der Waals surface area (Å²) < 4.78 is 10.6. The Morgan fingerprint density at radius 2 is 2.40 bits per heavy atom. The monoisotopic (exact) mass is 209 g/mol. The van der Waals surface area contributed by atoms with Gasteiger partial charge in [0, 0.05) is 13.2 Å². The molecule has 1 aromatic rings. The Bertz CT molecular complexity index is 304. The fraction of sp³-hybridized carbons (Fsp3) is 0.667. The maximum absolute atomic E-state index is 5.39. The molecule has 0 aromatic carbocycles. The number of ether oxygens (including phenoxy) is 1. The fourth-order valence-electron chi connectivity index (χ4n) is 1.85. The smallest absolute Gasteiger partial charge is 0.120 e. The summed E-state index contributed by atoms with van der Waals surface area (Å²) in [5.74, 6) is 1.84. The first-order valence-electron chi connectivity index (χ1n) is 5.56. The van der Waals surface area contributed by atoms with E-state index in [0.717, 1.165) is 24.8 Å². The van der Waals surface area contributed by atoms with Crippen LogP contribution in [0.3, 0.4) is 0 Å². The van der Waals surface area contributed by atoms with Crippen molar-refractivity contribution in [2.75, 3.05) is 13.7 Å². The molecule has 84 valence electrons. The van der Waals surface area contributed by atoms with Gasteiger partial charge in [0.15, 0.2) is 0 Å². The molecule has 1 unspecified atom stereocenters. The average Bonchev–Trinajstić information content (AvgIpc) is 2.98. The molecule has 1 atom stereocenters. The van der Waals surface area contributed by atoms with Gasteiger partial charge in [0.25, 0.3) is 0 Å². The van der Waals surface area contributed by atoms with Crippen molar-refractivity contribution < 1.29 is 9.15 Å². The van der Waals surface area contributed by atoms with Crippen molar-refractivity contribution in [2.45, 2.75) is 32.4 Å². The number of methoxy groups -OCH3 is 1. The van der Waals surface area contributed by atoms with Crippen LogP contribution in [-0.4, -0.2) is 19.8 Å². The summed E-state index contributed by atoms with van der Waals surface area (Å²) in [5.41, 5.74) is 1.22. The Labute approximate surface area is 90.8 Å². The molecule has 1 aliphatic carbocycles. The molecular formula is C12H19NO2. The summed E-state index contributed by atoms with van der Waals surface area (Å²) in [6.07, 6.45) is 4.41. The molecule has 3 heteroatoms. The van der Waals surface area contributed by atoms with E-state index in [0.29, 0.717) is 6.04 Å². The molecule has 0 saturated heterocycles. The summed E-state index contributed by atoms with van der Waals surface area (Å²) in [6.45, 7) is 3.68. The average molecular weight is 209 g/mol. The second-order valence-electron chi connectivity index (χ2n) is 4.31. The van der Waals surface area contributed by atoms with Crippen LogP contribution in [0.1, 0.15) is 24.2 Å². The minimum absolute atomic E-state index is 0.486. The Morgan fingerprint density at radius 3 is 2.93 bits per heavy atom.